The average molecular weight is 418 g/mol. The predicted octanol–water partition coefficient (Wildman–Crippen LogP) is 4.29. The summed E-state index contributed by atoms with van der Waals surface area (Å²) in [6.07, 6.45) is 0. The van der Waals surface area contributed by atoms with Gasteiger partial charge in [-0.3, -0.25) is 4.79 Å². The first-order chi connectivity index (χ1) is 13.5. The van der Waals surface area contributed by atoms with Crippen LogP contribution in [-0.2, 0) is 17.1 Å². The zero-order chi connectivity index (χ0) is 19.9. The van der Waals surface area contributed by atoms with E-state index in [-0.39, 0.29) is 12.5 Å². The maximum Gasteiger partial charge on any atom is 0.246 e. The van der Waals surface area contributed by atoms with Crippen LogP contribution >= 0.6 is 23.4 Å². The van der Waals surface area contributed by atoms with E-state index < -0.39 is 0 Å². The highest BCUT2D eigenvalue weighted by Crippen LogP contribution is 2.20. The molecule has 8 heteroatoms. The number of halogens is 1. The average Bonchev–Trinajstić information content (AvgIpc) is 3.17. The lowest BCUT2D eigenvalue weighted by Crippen LogP contribution is -2.28. The van der Waals surface area contributed by atoms with Crippen molar-refractivity contribution in [3.63, 3.8) is 0 Å². The van der Waals surface area contributed by atoms with Crippen LogP contribution in [0.2, 0.25) is 5.02 Å². The molecule has 28 heavy (non-hydrogen) atoms. The summed E-state index contributed by atoms with van der Waals surface area (Å²) < 4.78 is 10.4. The van der Waals surface area contributed by atoms with Crippen LogP contribution in [0.15, 0.2) is 53.1 Å². The number of thioether (sulfide) groups is 1. The molecule has 1 aromatic heterocycles. The van der Waals surface area contributed by atoms with Gasteiger partial charge in [0.2, 0.25) is 17.6 Å². The lowest BCUT2D eigenvalue weighted by molar-refractivity contribution is -0.127. The second-order valence-corrected chi connectivity index (χ2v) is 7.53. The molecule has 0 unspecified atom stereocenters. The minimum absolute atomic E-state index is 0.00440. The molecule has 6 nitrogen and oxygen atoms in total. The van der Waals surface area contributed by atoms with Crippen molar-refractivity contribution in [3.05, 3.63) is 65.0 Å². The van der Waals surface area contributed by atoms with Gasteiger partial charge in [0.25, 0.3) is 0 Å². The molecule has 0 aliphatic rings. The maximum absolute atomic E-state index is 12.3. The van der Waals surface area contributed by atoms with Crippen molar-refractivity contribution >= 4 is 29.3 Å². The SMILES string of the molecule is COc1ccc(CSCC(=O)N(C)Cc2nc(-c3ccc(Cl)cc3)no2)cc1. The summed E-state index contributed by atoms with van der Waals surface area (Å²) in [6.45, 7) is 0.266. The van der Waals surface area contributed by atoms with Crippen LogP contribution in [0.4, 0.5) is 0 Å². The Labute approximate surface area is 172 Å². The molecule has 0 fully saturated rings. The highest BCUT2D eigenvalue weighted by atomic mass is 35.5. The van der Waals surface area contributed by atoms with Crippen molar-refractivity contribution in [1.29, 1.82) is 0 Å². The Hall–Kier alpha value is -2.51. The molecular formula is C20H20ClN3O3S. The summed E-state index contributed by atoms with van der Waals surface area (Å²) in [5, 5.41) is 4.61. The van der Waals surface area contributed by atoms with Crippen LogP contribution in [-0.4, -0.2) is 40.9 Å². The second kappa shape index (κ2) is 9.61. The third-order valence-electron chi connectivity index (χ3n) is 4.02. The predicted molar refractivity (Wildman–Crippen MR) is 110 cm³/mol. The number of ether oxygens (including phenoxy) is 1. The quantitative estimate of drug-likeness (QED) is 0.544. The zero-order valence-corrected chi connectivity index (χ0v) is 17.2. The smallest absolute Gasteiger partial charge is 0.246 e. The van der Waals surface area contributed by atoms with E-state index in [1.54, 1.807) is 43.0 Å². The van der Waals surface area contributed by atoms with Crippen LogP contribution in [0.1, 0.15) is 11.5 Å². The number of carbonyl (C=O) groups excluding carboxylic acids is 1. The molecule has 0 spiro atoms. The van der Waals surface area contributed by atoms with E-state index in [9.17, 15) is 4.79 Å². The van der Waals surface area contributed by atoms with Gasteiger partial charge < -0.3 is 14.2 Å². The normalized spacial score (nSPS) is 10.7. The van der Waals surface area contributed by atoms with E-state index in [2.05, 4.69) is 10.1 Å². The Morgan fingerprint density at radius 2 is 1.89 bits per heavy atom. The molecule has 0 radical (unpaired) electrons. The highest BCUT2D eigenvalue weighted by molar-refractivity contribution is 7.99. The number of benzene rings is 2. The summed E-state index contributed by atoms with van der Waals surface area (Å²) in [6, 6.07) is 15.0. The largest absolute Gasteiger partial charge is 0.497 e. The van der Waals surface area contributed by atoms with Gasteiger partial charge in [0.1, 0.15) is 5.75 Å². The molecule has 1 amide bonds. The molecule has 3 aromatic rings. The molecule has 146 valence electrons. The van der Waals surface area contributed by atoms with Crippen LogP contribution in [0, 0.1) is 0 Å². The van der Waals surface area contributed by atoms with Gasteiger partial charge in [0, 0.05) is 23.4 Å². The topological polar surface area (TPSA) is 68.5 Å². The Balaban J connectivity index is 1.48. The van der Waals surface area contributed by atoms with Crippen molar-refractivity contribution in [2.75, 3.05) is 19.9 Å². The molecule has 1 heterocycles. The molecule has 0 bridgehead atoms. The van der Waals surface area contributed by atoms with E-state index in [1.165, 1.54) is 0 Å². The van der Waals surface area contributed by atoms with E-state index in [0.717, 1.165) is 22.6 Å². The summed E-state index contributed by atoms with van der Waals surface area (Å²) in [4.78, 5) is 18.3. The maximum atomic E-state index is 12.3. The zero-order valence-electron chi connectivity index (χ0n) is 15.6. The third kappa shape index (κ3) is 5.50. The summed E-state index contributed by atoms with van der Waals surface area (Å²) in [7, 11) is 3.36. The van der Waals surface area contributed by atoms with Gasteiger partial charge in [-0.25, -0.2) is 0 Å². The summed E-state index contributed by atoms with van der Waals surface area (Å²) in [5.74, 6) is 2.82. The van der Waals surface area contributed by atoms with Gasteiger partial charge >= 0.3 is 0 Å². The molecule has 0 saturated carbocycles. The fourth-order valence-electron chi connectivity index (χ4n) is 2.41. The van der Waals surface area contributed by atoms with E-state index in [1.807, 2.05) is 36.4 Å². The number of methoxy groups -OCH3 is 1. The molecule has 0 aliphatic carbocycles. The first-order valence-corrected chi connectivity index (χ1v) is 10.1. The highest BCUT2D eigenvalue weighted by Gasteiger charge is 2.15. The van der Waals surface area contributed by atoms with Gasteiger partial charge in [-0.2, -0.15) is 4.98 Å². The van der Waals surface area contributed by atoms with Gasteiger partial charge in [-0.1, -0.05) is 28.9 Å². The Bertz CT molecular complexity index is 913. The summed E-state index contributed by atoms with van der Waals surface area (Å²) in [5.41, 5.74) is 1.95. The standard InChI is InChI=1S/C20H20ClN3O3S/c1-24(19(25)13-28-12-14-3-9-17(26-2)10-4-14)11-18-22-20(23-27-18)15-5-7-16(21)8-6-15/h3-10H,11-13H2,1-2H3. The van der Waals surface area contributed by atoms with Crippen LogP contribution in [0.3, 0.4) is 0 Å². The Morgan fingerprint density at radius 3 is 2.57 bits per heavy atom. The number of rotatable bonds is 8. The number of aromatic nitrogens is 2. The van der Waals surface area contributed by atoms with Crippen LogP contribution in [0.25, 0.3) is 11.4 Å². The molecule has 0 aliphatic heterocycles. The minimum Gasteiger partial charge on any atom is -0.497 e. The van der Waals surface area contributed by atoms with Crippen molar-refractivity contribution in [3.8, 4) is 17.1 Å². The number of hydrogen-bond donors (Lipinski definition) is 0. The number of hydrogen-bond acceptors (Lipinski definition) is 6. The Kier molecular flexibility index (Phi) is 6.95. The van der Waals surface area contributed by atoms with Gasteiger partial charge in [-0.15, -0.1) is 11.8 Å². The van der Waals surface area contributed by atoms with Gasteiger partial charge in [0.15, 0.2) is 0 Å². The number of carbonyl (C=O) groups is 1. The second-order valence-electron chi connectivity index (χ2n) is 6.11. The number of amides is 1. The first kappa shape index (κ1) is 20.2. The molecular weight excluding hydrogens is 398 g/mol. The lowest BCUT2D eigenvalue weighted by Gasteiger charge is -2.14. The van der Waals surface area contributed by atoms with Crippen molar-refractivity contribution in [1.82, 2.24) is 15.0 Å². The molecule has 2 aromatic carbocycles. The first-order valence-electron chi connectivity index (χ1n) is 8.58. The fraction of sp³-hybridized carbons (Fsp3) is 0.250. The van der Waals surface area contributed by atoms with Crippen LogP contribution in [0.5, 0.6) is 5.75 Å². The van der Waals surface area contributed by atoms with E-state index in [4.69, 9.17) is 20.9 Å². The monoisotopic (exact) mass is 417 g/mol. The fourth-order valence-corrected chi connectivity index (χ4v) is 3.47. The molecule has 0 atom stereocenters. The van der Waals surface area contributed by atoms with Crippen molar-refractivity contribution in [2.45, 2.75) is 12.3 Å². The van der Waals surface area contributed by atoms with E-state index in [0.29, 0.717) is 22.5 Å². The number of nitrogens with zero attached hydrogens (tertiary/aromatic N) is 3. The minimum atomic E-state index is 0.00440. The van der Waals surface area contributed by atoms with Gasteiger partial charge in [-0.05, 0) is 42.0 Å². The van der Waals surface area contributed by atoms with Crippen LogP contribution < -0.4 is 4.74 Å². The Morgan fingerprint density at radius 1 is 1.18 bits per heavy atom. The van der Waals surface area contributed by atoms with E-state index >= 15 is 0 Å². The van der Waals surface area contributed by atoms with Crippen molar-refractivity contribution < 1.29 is 14.1 Å². The molecule has 3 rings (SSSR count). The lowest BCUT2D eigenvalue weighted by atomic mass is 10.2. The summed E-state index contributed by atoms with van der Waals surface area (Å²) >= 11 is 7.45. The van der Waals surface area contributed by atoms with Gasteiger partial charge in [0.05, 0.1) is 19.4 Å². The third-order valence-corrected chi connectivity index (χ3v) is 5.26. The molecule has 0 N–H and O–H groups in total. The van der Waals surface area contributed by atoms with Crippen molar-refractivity contribution in [2.24, 2.45) is 0 Å². The molecule has 0 saturated heterocycles.